The van der Waals surface area contributed by atoms with Gasteiger partial charge in [-0.15, -0.1) is 11.8 Å². The molecule has 1 amide bonds. The molecule has 28 heavy (non-hydrogen) atoms. The van der Waals surface area contributed by atoms with Crippen LogP contribution in [0.25, 0.3) is 0 Å². The third-order valence-electron chi connectivity index (χ3n) is 4.56. The molecule has 1 saturated heterocycles. The van der Waals surface area contributed by atoms with Crippen LogP contribution in [0.5, 0.6) is 0 Å². The number of hydrogen-bond acceptors (Lipinski definition) is 4. The normalized spacial score (nSPS) is 15.5. The summed E-state index contributed by atoms with van der Waals surface area (Å²) in [6, 6.07) is 16.8. The Kier molecular flexibility index (Phi) is 7.40. The Labute approximate surface area is 175 Å². The zero-order valence-corrected chi connectivity index (χ0v) is 17.8. The average Bonchev–Trinajstić information content (AvgIpc) is 2.68. The summed E-state index contributed by atoms with van der Waals surface area (Å²) >= 11 is 7.51. The number of sulfonamides is 1. The van der Waals surface area contributed by atoms with Crippen LogP contribution in [0.15, 0.2) is 54.6 Å². The largest absolute Gasteiger partial charge is 0.339 e. The number of carbonyl (C=O) groups is 1. The van der Waals surface area contributed by atoms with Crippen molar-refractivity contribution in [1.82, 2.24) is 9.21 Å². The van der Waals surface area contributed by atoms with Crippen molar-refractivity contribution in [2.24, 2.45) is 0 Å². The van der Waals surface area contributed by atoms with Gasteiger partial charge in [0.1, 0.15) is 0 Å². The third kappa shape index (κ3) is 5.98. The monoisotopic (exact) mass is 438 g/mol. The Balaban J connectivity index is 1.44. The van der Waals surface area contributed by atoms with Crippen molar-refractivity contribution in [2.45, 2.75) is 11.5 Å². The number of carbonyl (C=O) groups excluding carboxylic acids is 1. The van der Waals surface area contributed by atoms with Crippen LogP contribution >= 0.6 is 23.4 Å². The maximum Gasteiger partial charge on any atom is 0.232 e. The molecule has 1 aliphatic heterocycles. The number of rotatable bonds is 7. The molecule has 150 valence electrons. The molecule has 0 radical (unpaired) electrons. The minimum Gasteiger partial charge on any atom is -0.339 e. The molecule has 0 N–H and O–H groups in total. The zero-order chi connectivity index (χ0) is 20.0. The van der Waals surface area contributed by atoms with E-state index >= 15 is 0 Å². The molecule has 0 aliphatic carbocycles. The fourth-order valence-electron chi connectivity index (χ4n) is 3.07. The highest BCUT2D eigenvalue weighted by Gasteiger charge is 2.28. The van der Waals surface area contributed by atoms with Crippen LogP contribution in [0.3, 0.4) is 0 Å². The van der Waals surface area contributed by atoms with Crippen LogP contribution in [0, 0.1) is 0 Å². The zero-order valence-electron chi connectivity index (χ0n) is 15.5. The molecule has 2 aromatic carbocycles. The van der Waals surface area contributed by atoms with Crippen molar-refractivity contribution in [1.29, 1.82) is 0 Å². The van der Waals surface area contributed by atoms with Crippen molar-refractivity contribution in [3.05, 3.63) is 70.7 Å². The van der Waals surface area contributed by atoms with E-state index < -0.39 is 10.0 Å². The van der Waals surface area contributed by atoms with Gasteiger partial charge in [-0.1, -0.05) is 54.1 Å². The summed E-state index contributed by atoms with van der Waals surface area (Å²) in [4.78, 5) is 14.2. The van der Waals surface area contributed by atoms with Crippen LogP contribution in [-0.2, 0) is 26.3 Å². The van der Waals surface area contributed by atoms with E-state index in [4.69, 9.17) is 11.6 Å². The number of thioether (sulfide) groups is 1. The van der Waals surface area contributed by atoms with Gasteiger partial charge in [-0.3, -0.25) is 4.79 Å². The van der Waals surface area contributed by atoms with Crippen molar-refractivity contribution >= 4 is 39.3 Å². The highest BCUT2D eigenvalue weighted by molar-refractivity contribution is 7.99. The topological polar surface area (TPSA) is 57.7 Å². The molecule has 0 bridgehead atoms. The van der Waals surface area contributed by atoms with Gasteiger partial charge >= 0.3 is 0 Å². The predicted molar refractivity (Wildman–Crippen MR) is 115 cm³/mol. The van der Waals surface area contributed by atoms with Crippen LogP contribution < -0.4 is 0 Å². The van der Waals surface area contributed by atoms with Gasteiger partial charge in [-0.05, 0) is 23.3 Å². The first-order chi connectivity index (χ1) is 13.4. The molecule has 0 spiro atoms. The Morgan fingerprint density at radius 1 is 0.964 bits per heavy atom. The summed E-state index contributed by atoms with van der Waals surface area (Å²) in [5.41, 5.74) is 1.86. The number of halogens is 1. The van der Waals surface area contributed by atoms with Crippen molar-refractivity contribution in [3.8, 4) is 0 Å². The van der Waals surface area contributed by atoms with Gasteiger partial charge in [0.05, 0.1) is 11.5 Å². The summed E-state index contributed by atoms with van der Waals surface area (Å²) in [7, 11) is -3.36. The van der Waals surface area contributed by atoms with E-state index in [1.54, 1.807) is 16.7 Å². The quantitative estimate of drug-likeness (QED) is 0.665. The second-order valence-electron chi connectivity index (χ2n) is 6.64. The first-order valence-corrected chi connectivity index (χ1v) is 12.2. The number of benzene rings is 2. The van der Waals surface area contributed by atoms with Gasteiger partial charge in [-0.25, -0.2) is 8.42 Å². The molecule has 2 aromatic rings. The minimum absolute atomic E-state index is 0.00270. The fourth-order valence-corrected chi connectivity index (χ4v) is 5.67. The molecule has 1 aliphatic rings. The van der Waals surface area contributed by atoms with Gasteiger partial charge in [0.25, 0.3) is 0 Å². The Morgan fingerprint density at radius 3 is 2.32 bits per heavy atom. The minimum atomic E-state index is -3.36. The smallest absolute Gasteiger partial charge is 0.232 e. The van der Waals surface area contributed by atoms with Crippen LogP contribution in [-0.4, -0.2) is 55.5 Å². The molecular weight excluding hydrogens is 416 g/mol. The van der Waals surface area contributed by atoms with Crippen molar-refractivity contribution in [2.75, 3.05) is 31.9 Å². The van der Waals surface area contributed by atoms with Gasteiger partial charge in [0, 0.05) is 37.0 Å². The Bertz CT molecular complexity index is 899. The molecular formula is C20H23ClN2O3S2. The van der Waals surface area contributed by atoms with E-state index in [9.17, 15) is 13.2 Å². The first kappa shape index (κ1) is 21.2. The van der Waals surface area contributed by atoms with Gasteiger partial charge in [-0.2, -0.15) is 4.31 Å². The summed E-state index contributed by atoms with van der Waals surface area (Å²) in [6.45, 7) is 1.56. The number of hydrogen-bond donors (Lipinski definition) is 0. The summed E-state index contributed by atoms with van der Waals surface area (Å²) in [6.07, 6.45) is 0. The molecule has 0 aromatic heterocycles. The third-order valence-corrected chi connectivity index (χ3v) is 7.63. The molecule has 0 unspecified atom stereocenters. The average molecular weight is 439 g/mol. The van der Waals surface area contributed by atoms with E-state index in [0.29, 0.717) is 37.0 Å². The molecule has 3 rings (SSSR count). The van der Waals surface area contributed by atoms with Crippen LogP contribution in [0.1, 0.15) is 11.1 Å². The molecule has 5 nitrogen and oxygen atoms in total. The second-order valence-corrected chi connectivity index (χ2v) is 10.0. The Hall–Kier alpha value is -1.54. The van der Waals surface area contributed by atoms with Crippen LogP contribution in [0.2, 0.25) is 5.02 Å². The molecule has 0 saturated carbocycles. The second kappa shape index (κ2) is 9.78. The molecule has 1 heterocycles. The highest BCUT2D eigenvalue weighted by Crippen LogP contribution is 2.18. The van der Waals surface area contributed by atoms with E-state index in [0.717, 1.165) is 16.9 Å². The van der Waals surface area contributed by atoms with E-state index in [2.05, 4.69) is 0 Å². The van der Waals surface area contributed by atoms with E-state index in [1.807, 2.05) is 54.6 Å². The molecule has 0 atom stereocenters. The van der Waals surface area contributed by atoms with Crippen molar-refractivity contribution < 1.29 is 13.2 Å². The maximum atomic E-state index is 12.6. The van der Waals surface area contributed by atoms with Crippen LogP contribution in [0.4, 0.5) is 0 Å². The summed E-state index contributed by atoms with van der Waals surface area (Å²) in [5.74, 6) is 1.14. The SMILES string of the molecule is O=C(CSCc1cccc(Cl)c1)N1CCN(S(=O)(=O)Cc2ccccc2)CC1. The van der Waals surface area contributed by atoms with Gasteiger partial charge < -0.3 is 4.90 Å². The fraction of sp³-hybridized carbons (Fsp3) is 0.350. The highest BCUT2D eigenvalue weighted by atomic mass is 35.5. The Morgan fingerprint density at radius 2 is 1.64 bits per heavy atom. The molecule has 1 fully saturated rings. The maximum absolute atomic E-state index is 12.6. The van der Waals surface area contributed by atoms with E-state index in [1.165, 1.54) is 4.31 Å². The number of nitrogens with zero attached hydrogens (tertiary/aromatic N) is 2. The number of piperazine rings is 1. The predicted octanol–water partition coefficient (Wildman–Crippen LogP) is 3.25. The van der Waals surface area contributed by atoms with Gasteiger partial charge in [0.2, 0.25) is 15.9 Å². The summed E-state index contributed by atoms with van der Waals surface area (Å²) in [5, 5.41) is 0.692. The first-order valence-electron chi connectivity index (χ1n) is 9.06. The lowest BCUT2D eigenvalue weighted by atomic mass is 10.2. The lowest BCUT2D eigenvalue weighted by Crippen LogP contribution is -2.51. The summed E-state index contributed by atoms with van der Waals surface area (Å²) < 4.78 is 26.7. The van der Waals surface area contributed by atoms with E-state index in [-0.39, 0.29) is 11.7 Å². The standard InChI is InChI=1S/C20H23ClN2O3S2/c21-19-8-4-7-18(13-19)14-27-15-20(24)22-9-11-23(12-10-22)28(25,26)16-17-5-2-1-3-6-17/h1-8,13H,9-12,14-16H2. The number of amides is 1. The molecule has 8 heteroatoms. The van der Waals surface area contributed by atoms with Gasteiger partial charge in [0.15, 0.2) is 0 Å². The lowest BCUT2D eigenvalue weighted by Gasteiger charge is -2.34. The lowest BCUT2D eigenvalue weighted by molar-refractivity contribution is -0.129. The van der Waals surface area contributed by atoms with Crippen molar-refractivity contribution in [3.63, 3.8) is 0 Å².